The van der Waals surface area contributed by atoms with Gasteiger partial charge < -0.3 is 15.3 Å². The fraction of sp³-hybridized carbons (Fsp3) is 0.400. The molecule has 0 fully saturated rings. The molecule has 3 N–H and O–H groups in total. The highest BCUT2D eigenvalue weighted by atomic mass is 16.4. The second kappa shape index (κ2) is 10.5. The van der Waals surface area contributed by atoms with E-state index in [0.29, 0.717) is 18.4 Å². The van der Waals surface area contributed by atoms with Crippen LogP contribution in [0.5, 0.6) is 0 Å². The first-order valence-electron chi connectivity index (χ1n) is 4.32. The van der Waals surface area contributed by atoms with Gasteiger partial charge in [0.2, 0.25) is 0 Å². The first-order valence-corrected chi connectivity index (χ1v) is 4.32. The van der Waals surface area contributed by atoms with Crippen LogP contribution in [0, 0.1) is 0 Å². The van der Waals surface area contributed by atoms with Crippen LogP contribution >= 0.6 is 0 Å². The van der Waals surface area contributed by atoms with Gasteiger partial charge in [-0.3, -0.25) is 0 Å². The largest absolute Gasteiger partial charge is 0.478 e. The number of carboxylic acid groups (broad SMARTS) is 2. The summed E-state index contributed by atoms with van der Waals surface area (Å²) in [7, 11) is 0. The maximum absolute atomic E-state index is 10.2. The molecule has 0 atom stereocenters. The summed E-state index contributed by atoms with van der Waals surface area (Å²) in [6, 6.07) is 0. The molecular weight excluding hydrogens is 200 g/mol. The Morgan fingerprint density at radius 1 is 1.33 bits per heavy atom. The smallest absolute Gasteiger partial charge is 0.330 e. The topological polar surface area (TPSA) is 94.8 Å². The van der Waals surface area contributed by atoms with Gasteiger partial charge in [-0.1, -0.05) is 12.7 Å². The summed E-state index contributed by atoms with van der Waals surface area (Å²) in [4.78, 5) is 19.4. The number of aliphatic carboxylic acids is 2. The minimum atomic E-state index is -0.981. The number of carbonyl (C=O) groups is 2. The summed E-state index contributed by atoms with van der Waals surface area (Å²) in [5.74, 6) is -1.87. The lowest BCUT2D eigenvalue weighted by atomic mass is 10.2. The number of unbranched alkanes of at least 4 members (excludes halogenated alkanes) is 1. The van der Waals surface area contributed by atoms with E-state index in [4.69, 9.17) is 15.3 Å². The second-order valence-electron chi connectivity index (χ2n) is 2.60. The van der Waals surface area contributed by atoms with Crippen LogP contribution < -0.4 is 0 Å². The van der Waals surface area contributed by atoms with E-state index in [0.717, 1.165) is 6.08 Å². The summed E-state index contributed by atoms with van der Waals surface area (Å²) in [6.07, 6.45) is 3.71. The van der Waals surface area contributed by atoms with E-state index in [2.05, 4.69) is 6.58 Å². The summed E-state index contributed by atoms with van der Waals surface area (Å²) in [5, 5.41) is 24.3. The highest BCUT2D eigenvalue weighted by molar-refractivity contribution is 5.85. The average Bonchev–Trinajstić information content (AvgIpc) is 2.18. The van der Waals surface area contributed by atoms with E-state index in [1.54, 1.807) is 13.0 Å². The van der Waals surface area contributed by atoms with Crippen molar-refractivity contribution >= 4 is 11.9 Å². The van der Waals surface area contributed by atoms with Crippen LogP contribution in [0.4, 0.5) is 0 Å². The third kappa shape index (κ3) is 15.2. The van der Waals surface area contributed by atoms with Crippen molar-refractivity contribution in [2.45, 2.75) is 19.8 Å². The van der Waals surface area contributed by atoms with E-state index >= 15 is 0 Å². The number of rotatable bonds is 5. The highest BCUT2D eigenvalue weighted by Crippen LogP contribution is 1.97. The number of aliphatic hydroxyl groups excluding tert-OH is 1. The molecule has 0 rings (SSSR count). The fourth-order valence-corrected chi connectivity index (χ4v) is 0.497. The Balaban J connectivity index is 0. The molecule has 0 saturated heterocycles. The molecule has 0 aromatic rings. The van der Waals surface area contributed by atoms with Gasteiger partial charge in [0.1, 0.15) is 0 Å². The van der Waals surface area contributed by atoms with Crippen LogP contribution in [0.2, 0.25) is 0 Å². The third-order valence-electron chi connectivity index (χ3n) is 1.32. The van der Waals surface area contributed by atoms with Gasteiger partial charge in [-0.2, -0.15) is 0 Å². The molecule has 0 aliphatic carbocycles. The molecule has 0 aliphatic rings. The Bertz CT molecular complexity index is 242. The lowest BCUT2D eigenvalue weighted by molar-refractivity contribution is -0.133. The Labute approximate surface area is 88.4 Å². The number of carboxylic acids is 2. The molecule has 0 unspecified atom stereocenters. The molecule has 0 heterocycles. The monoisotopic (exact) mass is 216 g/mol. The van der Waals surface area contributed by atoms with Crippen molar-refractivity contribution in [3.8, 4) is 0 Å². The molecular formula is C10H16O5. The molecule has 0 aromatic heterocycles. The molecule has 0 aliphatic heterocycles. The maximum Gasteiger partial charge on any atom is 0.330 e. The molecule has 5 nitrogen and oxygen atoms in total. The van der Waals surface area contributed by atoms with Crippen LogP contribution in [0.15, 0.2) is 24.3 Å². The van der Waals surface area contributed by atoms with Gasteiger partial charge in [-0.05, 0) is 19.8 Å². The Kier molecular flexibility index (Phi) is 11.0. The lowest BCUT2D eigenvalue weighted by Gasteiger charge is -1.91. The summed E-state index contributed by atoms with van der Waals surface area (Å²) in [5.41, 5.74) is 0.341. The van der Waals surface area contributed by atoms with Gasteiger partial charge in [0.05, 0.1) is 0 Å². The third-order valence-corrected chi connectivity index (χ3v) is 1.32. The lowest BCUT2D eigenvalue weighted by Crippen LogP contribution is -1.95. The number of hydrogen-bond acceptors (Lipinski definition) is 3. The van der Waals surface area contributed by atoms with Gasteiger partial charge in [0.25, 0.3) is 0 Å². The predicted octanol–water partition coefficient (Wildman–Crippen LogP) is 1.05. The first-order chi connectivity index (χ1) is 6.95. The van der Waals surface area contributed by atoms with E-state index < -0.39 is 11.9 Å². The molecule has 0 bridgehead atoms. The molecule has 0 amide bonds. The molecule has 0 spiro atoms. The fourth-order valence-electron chi connectivity index (χ4n) is 0.497. The Hall–Kier alpha value is -1.62. The van der Waals surface area contributed by atoms with Gasteiger partial charge in [0, 0.05) is 18.3 Å². The number of allylic oxidation sites excluding steroid dienone is 1. The van der Waals surface area contributed by atoms with Gasteiger partial charge in [-0.25, -0.2) is 9.59 Å². The SMILES string of the molecule is C=CC(=O)O.CC(=CCCCO)C(=O)O. The second-order valence-corrected chi connectivity index (χ2v) is 2.60. The van der Waals surface area contributed by atoms with Gasteiger partial charge >= 0.3 is 11.9 Å². The zero-order valence-corrected chi connectivity index (χ0v) is 8.64. The minimum absolute atomic E-state index is 0.114. The number of hydrogen-bond donors (Lipinski definition) is 3. The molecule has 0 radical (unpaired) electrons. The van der Waals surface area contributed by atoms with E-state index in [1.165, 1.54) is 0 Å². The first kappa shape index (κ1) is 15.8. The van der Waals surface area contributed by atoms with Crippen molar-refractivity contribution in [1.82, 2.24) is 0 Å². The molecule has 0 aromatic carbocycles. The van der Waals surface area contributed by atoms with Gasteiger partial charge in [0.15, 0.2) is 0 Å². The maximum atomic E-state index is 10.2. The quantitative estimate of drug-likeness (QED) is 0.471. The average molecular weight is 216 g/mol. The zero-order chi connectivity index (χ0) is 12.3. The Morgan fingerprint density at radius 2 is 1.80 bits per heavy atom. The predicted molar refractivity (Wildman–Crippen MR) is 55.5 cm³/mol. The van der Waals surface area contributed by atoms with Crippen LogP contribution in [0.3, 0.4) is 0 Å². The molecule has 0 saturated carbocycles. The van der Waals surface area contributed by atoms with Crippen LogP contribution in [-0.4, -0.2) is 33.9 Å². The van der Waals surface area contributed by atoms with Crippen molar-refractivity contribution in [3.05, 3.63) is 24.3 Å². The van der Waals surface area contributed by atoms with Crippen molar-refractivity contribution in [2.24, 2.45) is 0 Å². The normalized spacial score (nSPS) is 9.87. The molecule has 15 heavy (non-hydrogen) atoms. The minimum Gasteiger partial charge on any atom is -0.478 e. The van der Waals surface area contributed by atoms with Crippen molar-refractivity contribution in [2.75, 3.05) is 6.61 Å². The highest BCUT2D eigenvalue weighted by Gasteiger charge is 1.96. The number of aliphatic hydroxyl groups is 1. The van der Waals surface area contributed by atoms with E-state index in [9.17, 15) is 9.59 Å². The molecule has 5 heteroatoms. The Morgan fingerprint density at radius 3 is 2.07 bits per heavy atom. The van der Waals surface area contributed by atoms with E-state index in [-0.39, 0.29) is 6.61 Å². The summed E-state index contributed by atoms with van der Waals surface area (Å²) < 4.78 is 0. The van der Waals surface area contributed by atoms with Crippen LogP contribution in [0.25, 0.3) is 0 Å². The van der Waals surface area contributed by atoms with Crippen LogP contribution in [-0.2, 0) is 9.59 Å². The molecule has 86 valence electrons. The van der Waals surface area contributed by atoms with Crippen molar-refractivity contribution < 1.29 is 24.9 Å². The van der Waals surface area contributed by atoms with Gasteiger partial charge in [-0.15, -0.1) is 0 Å². The van der Waals surface area contributed by atoms with Crippen molar-refractivity contribution in [3.63, 3.8) is 0 Å². The summed E-state index contributed by atoms with van der Waals surface area (Å²) in [6.45, 7) is 4.62. The van der Waals surface area contributed by atoms with Crippen molar-refractivity contribution in [1.29, 1.82) is 0 Å². The summed E-state index contributed by atoms with van der Waals surface area (Å²) >= 11 is 0. The van der Waals surface area contributed by atoms with Crippen LogP contribution in [0.1, 0.15) is 19.8 Å². The standard InChI is InChI=1S/C7H12O3.C3H4O2/c1-6(7(9)10)4-2-3-5-8;1-2-3(4)5/h4,8H,2-3,5H2,1H3,(H,9,10);2H,1H2,(H,4,5). The van der Waals surface area contributed by atoms with E-state index in [1.807, 2.05) is 0 Å². The zero-order valence-electron chi connectivity index (χ0n) is 8.64.